The van der Waals surface area contributed by atoms with Crippen molar-refractivity contribution in [3.8, 4) is 0 Å². The first-order valence-corrected chi connectivity index (χ1v) is 30.1. The zero-order valence-corrected chi connectivity index (χ0v) is 52.4. The van der Waals surface area contributed by atoms with Crippen LogP contribution >= 0.6 is 0 Å². The molecule has 484 valence electrons. The summed E-state index contributed by atoms with van der Waals surface area (Å²) < 4.78 is 23.0. The van der Waals surface area contributed by atoms with E-state index in [-0.39, 0.29) is 94.5 Å². The van der Waals surface area contributed by atoms with Crippen molar-refractivity contribution in [1.29, 1.82) is 0 Å². The van der Waals surface area contributed by atoms with Crippen LogP contribution in [0.3, 0.4) is 0 Å². The van der Waals surface area contributed by atoms with E-state index in [1.54, 1.807) is 48.0 Å². The molecule has 26 heteroatoms. The lowest BCUT2D eigenvalue weighted by atomic mass is 9.90. The van der Waals surface area contributed by atoms with E-state index < -0.39 is 109 Å². The van der Waals surface area contributed by atoms with Crippen molar-refractivity contribution in [3.63, 3.8) is 0 Å². The molecule has 2 aromatic rings. The number of rotatable bonds is 36. The van der Waals surface area contributed by atoms with Crippen LogP contribution in [-0.4, -0.2) is 197 Å². The number of amides is 11. The van der Waals surface area contributed by atoms with Gasteiger partial charge in [-0.3, -0.25) is 48.1 Å². The third-order valence-corrected chi connectivity index (χ3v) is 16.1. The quantitative estimate of drug-likeness (QED) is 0.0434. The predicted molar refractivity (Wildman–Crippen MR) is 324 cm³/mol. The van der Waals surface area contributed by atoms with E-state index in [4.69, 9.17) is 30.4 Å². The summed E-state index contributed by atoms with van der Waals surface area (Å²) in [5.41, 5.74) is 12.3. The largest absolute Gasteiger partial charge is 0.379 e. The molecule has 0 bridgehead atoms. The van der Waals surface area contributed by atoms with Crippen molar-refractivity contribution in [2.24, 2.45) is 35.1 Å². The van der Waals surface area contributed by atoms with E-state index in [1.807, 2.05) is 77.0 Å². The van der Waals surface area contributed by atoms with Gasteiger partial charge in [0.2, 0.25) is 53.2 Å². The molecule has 9 atom stereocenters. The summed E-state index contributed by atoms with van der Waals surface area (Å²) in [5, 5.41) is 19.1. The van der Waals surface area contributed by atoms with Crippen molar-refractivity contribution >= 4 is 64.9 Å². The molecule has 11 amide bonds. The lowest BCUT2D eigenvalue weighted by molar-refractivity contribution is -0.203. The second kappa shape index (κ2) is 36.8. The maximum atomic E-state index is 14.4. The third-order valence-electron chi connectivity index (χ3n) is 16.1. The van der Waals surface area contributed by atoms with Gasteiger partial charge >= 0.3 is 6.03 Å². The molecule has 0 spiro atoms. The zero-order chi connectivity index (χ0) is 64.3. The zero-order valence-electron chi connectivity index (χ0n) is 52.4. The monoisotopic (exact) mass is 1220 g/mol. The average Bonchev–Trinajstić information content (AvgIpc) is 2.84. The molecular formula is C61H96N12O14. The second-order valence-corrected chi connectivity index (χ2v) is 23.1. The molecule has 2 saturated heterocycles. The molecule has 2 aromatic carbocycles. The topological polar surface area (TPSA) is 354 Å². The van der Waals surface area contributed by atoms with Crippen molar-refractivity contribution in [2.45, 2.75) is 154 Å². The first-order valence-electron chi connectivity index (χ1n) is 30.1. The van der Waals surface area contributed by atoms with Crippen molar-refractivity contribution in [2.75, 3.05) is 80.1 Å². The van der Waals surface area contributed by atoms with Crippen molar-refractivity contribution in [1.82, 2.24) is 46.6 Å². The first-order chi connectivity index (χ1) is 41.4. The van der Waals surface area contributed by atoms with E-state index in [0.29, 0.717) is 49.9 Å². The number of nitrogens with one attached hydrogen (secondary N) is 7. The number of ether oxygens (including phenoxy) is 4. The molecule has 0 aliphatic carbocycles. The summed E-state index contributed by atoms with van der Waals surface area (Å²) in [6.45, 7) is 9.82. The molecule has 9 unspecified atom stereocenters. The molecule has 0 aromatic heterocycles. The highest BCUT2D eigenvalue weighted by Crippen LogP contribution is 2.30. The molecule has 26 nitrogen and oxygen atoms in total. The summed E-state index contributed by atoms with van der Waals surface area (Å²) in [6.07, 6.45) is 1.18. The number of benzene rings is 2. The number of carbonyl (C=O) groups is 10. The highest BCUT2D eigenvalue weighted by Gasteiger charge is 2.43. The van der Waals surface area contributed by atoms with E-state index in [2.05, 4.69) is 37.2 Å². The first kappa shape index (κ1) is 72.2. The van der Waals surface area contributed by atoms with E-state index in [9.17, 15) is 47.9 Å². The number of nitrogens with two attached hydrogens (primary N) is 2. The van der Waals surface area contributed by atoms with Gasteiger partial charge in [-0.2, -0.15) is 0 Å². The fraction of sp³-hybridized carbons (Fsp3) is 0.639. The minimum atomic E-state index is -1.07. The minimum absolute atomic E-state index is 0.0169. The molecule has 11 N–H and O–H groups in total. The Morgan fingerprint density at radius 3 is 2.01 bits per heavy atom. The van der Waals surface area contributed by atoms with Crippen LogP contribution in [0.25, 0.3) is 0 Å². The number of carbonyl (C=O) groups excluding carboxylic acids is 10. The Morgan fingerprint density at radius 1 is 0.736 bits per heavy atom. The highest BCUT2D eigenvalue weighted by atomic mass is 16.7. The Labute approximate surface area is 511 Å². The Morgan fingerprint density at radius 2 is 1.41 bits per heavy atom. The Balaban J connectivity index is 1.37. The van der Waals surface area contributed by atoms with E-state index in [0.717, 1.165) is 5.56 Å². The predicted octanol–water partition coefficient (Wildman–Crippen LogP) is 1.29. The molecule has 2 aliphatic rings. The number of primary amides is 2. The van der Waals surface area contributed by atoms with Gasteiger partial charge in [0.25, 0.3) is 0 Å². The second-order valence-electron chi connectivity index (χ2n) is 23.1. The number of methoxy groups -OCH3 is 2. The van der Waals surface area contributed by atoms with Gasteiger partial charge in [0.1, 0.15) is 12.1 Å². The number of anilines is 1. The Hall–Kier alpha value is -7.26. The molecule has 0 saturated carbocycles. The smallest absolute Gasteiger partial charge is 0.312 e. The number of nitrogens with zero attached hydrogens (tertiary/aromatic N) is 3. The lowest BCUT2D eigenvalue weighted by Gasteiger charge is -2.39. The van der Waals surface area contributed by atoms with Crippen molar-refractivity contribution in [3.05, 3.63) is 65.7 Å². The van der Waals surface area contributed by atoms with Gasteiger partial charge in [-0.15, -0.1) is 0 Å². The minimum Gasteiger partial charge on any atom is -0.379 e. The molecule has 2 heterocycles. The van der Waals surface area contributed by atoms with Gasteiger partial charge in [-0.25, -0.2) is 4.79 Å². The molecule has 2 fully saturated rings. The Kier molecular flexibility index (Phi) is 30.5. The van der Waals surface area contributed by atoms with Gasteiger partial charge in [-0.05, 0) is 87.7 Å². The van der Waals surface area contributed by atoms with Gasteiger partial charge in [0, 0.05) is 59.4 Å². The van der Waals surface area contributed by atoms with Gasteiger partial charge in [0.15, 0.2) is 6.29 Å². The number of urea groups is 1. The van der Waals surface area contributed by atoms with Crippen LogP contribution < -0.4 is 48.7 Å². The van der Waals surface area contributed by atoms with E-state index in [1.165, 1.54) is 14.2 Å². The molecule has 2 aliphatic heterocycles. The summed E-state index contributed by atoms with van der Waals surface area (Å²) in [5.74, 6) is -5.26. The maximum Gasteiger partial charge on any atom is 0.312 e. The molecule has 0 radical (unpaired) electrons. The van der Waals surface area contributed by atoms with Crippen LogP contribution in [0.1, 0.15) is 104 Å². The van der Waals surface area contributed by atoms with Crippen LogP contribution in [0.15, 0.2) is 54.6 Å². The van der Waals surface area contributed by atoms with Crippen LogP contribution in [0.2, 0.25) is 0 Å². The maximum absolute atomic E-state index is 14.4. The fourth-order valence-electron chi connectivity index (χ4n) is 11.1. The van der Waals surface area contributed by atoms with Gasteiger partial charge in [-0.1, -0.05) is 83.5 Å². The number of likely N-dealkylation sites (N-methyl/N-ethyl adjacent to an activating group) is 2. The normalized spacial score (nSPS) is 18.6. The number of hydrogen-bond donors (Lipinski definition) is 9. The van der Waals surface area contributed by atoms with Crippen LogP contribution in [0, 0.1) is 23.7 Å². The van der Waals surface area contributed by atoms with Gasteiger partial charge in [0.05, 0.1) is 74.9 Å². The number of hydrogen-bond acceptors (Lipinski definition) is 15. The molecule has 87 heavy (non-hydrogen) atoms. The average molecular weight is 1220 g/mol. The molecule has 4 rings (SSSR count). The fourth-order valence-corrected chi connectivity index (χ4v) is 11.1. The third kappa shape index (κ3) is 23.4. The summed E-state index contributed by atoms with van der Waals surface area (Å²) >= 11 is 0. The lowest BCUT2D eigenvalue weighted by Crippen LogP contribution is -2.55. The SMILES string of the molecule is CCC(C)C(C(CC(=O)N1CCCC1C(OC)C(C)C(=O)NC(Cc1ccccc1)C(=O)NCc1ccc(NC(=O)C(CCCNC(N)=O)NC(=O)CNC(=O)CCCC2OCC(C(N)=O)CO2)cc1)OC)N(C)C(=O)CNC(=O)C(C(C)C)N(C)C. The molecular weight excluding hydrogens is 1120 g/mol. The highest BCUT2D eigenvalue weighted by molar-refractivity contribution is 5.98. The summed E-state index contributed by atoms with van der Waals surface area (Å²) in [4.78, 5) is 137. The summed E-state index contributed by atoms with van der Waals surface area (Å²) in [7, 11) is 8.30. The Bertz CT molecular complexity index is 2560. The standard InChI is InChI=1S/C61H96N12O14/c1-11-38(4)54(72(8)51(77)34-67-60(82)53(37(2)3)71(6)7)47(84-9)31-50(76)73-29-17-21-46(73)55(85-10)39(5)57(79)70-45(30-40-18-13-12-14-19-40)58(80)66-32-41-24-26-43(27-25-41)68-59(81)44(20-16-28-64-61(63)83)69-49(75)33-65-48(74)22-15-23-52-86-35-42(36-87-52)56(62)78/h12-14,18-19,24-27,37-39,42,44-47,52-55H,11,15-17,20-23,28-36H2,1-10H3,(H2,62,78)(H,65,74)(H,66,80)(H,67,82)(H,68,81)(H,69,75)(H,70,79)(H3,63,64,83). The van der Waals surface area contributed by atoms with E-state index >= 15 is 0 Å². The van der Waals surface area contributed by atoms with Crippen molar-refractivity contribution < 1.29 is 66.9 Å². The van der Waals surface area contributed by atoms with Crippen LogP contribution in [-0.2, 0) is 75.1 Å². The van der Waals surface area contributed by atoms with Crippen LogP contribution in [0.5, 0.6) is 0 Å². The van der Waals surface area contributed by atoms with Crippen LogP contribution in [0.4, 0.5) is 10.5 Å². The van der Waals surface area contributed by atoms with Gasteiger partial charge < -0.3 is 77.4 Å². The summed E-state index contributed by atoms with van der Waals surface area (Å²) in [6, 6.07) is 11.6. The number of likely N-dealkylation sites (tertiary alicyclic amines) is 1.